The Kier molecular flexibility index (Phi) is 3.06. The Hall–Kier alpha value is -4.15. The zero-order chi connectivity index (χ0) is 20.7. The quantitative estimate of drug-likeness (QED) is 0.122. The van der Waals surface area contributed by atoms with Crippen molar-refractivity contribution in [3.63, 3.8) is 0 Å². The van der Waals surface area contributed by atoms with Gasteiger partial charge in [-0.3, -0.25) is 0 Å². The molecule has 3 aromatic carbocycles. The third-order valence-corrected chi connectivity index (χ3v) is 6.50. The number of pyridine rings is 2. The number of aryl methyl sites for hydroxylation is 3. The first-order valence-corrected chi connectivity index (χ1v) is 9.84. The van der Waals surface area contributed by atoms with Gasteiger partial charge in [-0.2, -0.15) is 0 Å². The van der Waals surface area contributed by atoms with E-state index in [1.165, 1.54) is 22.0 Å². The first kappa shape index (κ1) is 16.8. The molecule has 0 amide bonds. The van der Waals surface area contributed by atoms with E-state index in [-0.39, 0.29) is 0 Å². The first-order valence-electron chi connectivity index (χ1n) is 9.84. The van der Waals surface area contributed by atoms with Crippen LogP contribution >= 0.6 is 0 Å². The van der Waals surface area contributed by atoms with Gasteiger partial charge in [0.25, 0.3) is 0 Å². The van der Waals surface area contributed by atoms with Gasteiger partial charge >= 0.3 is 0 Å². The molecule has 140 valence electrons. The van der Waals surface area contributed by atoms with Gasteiger partial charge in [0, 0.05) is 17.0 Å². The van der Waals surface area contributed by atoms with Gasteiger partial charge in [-0.1, -0.05) is 18.2 Å². The number of fused-ring (bicyclic) bond motifs is 5. The maximum absolute atomic E-state index is 7.79. The standard InChI is InChI=1S/C26H17N4/c1-14-11-19-18-7-6-8-20(28-4)24(18)30-21-13-17(27-3)12-16-9-10-29(5)26(23(16)21)22(15(14)2)25(19)30/h6-13H,1-2,5H3/q+1. The monoisotopic (exact) mass is 385 g/mol. The maximum atomic E-state index is 7.79. The molecule has 6 rings (SSSR count). The van der Waals surface area contributed by atoms with Gasteiger partial charge in [-0.15, -0.1) is 0 Å². The lowest BCUT2D eigenvalue weighted by atomic mass is 9.96. The van der Waals surface area contributed by atoms with Crippen LogP contribution in [-0.2, 0) is 7.05 Å². The minimum atomic E-state index is 0.611. The highest BCUT2D eigenvalue weighted by atomic mass is 15.0. The predicted molar refractivity (Wildman–Crippen MR) is 122 cm³/mol. The molecular formula is C26H17N4+. The van der Waals surface area contributed by atoms with Crippen molar-refractivity contribution in [3.05, 3.63) is 82.6 Å². The molecule has 3 heterocycles. The summed E-state index contributed by atoms with van der Waals surface area (Å²) < 4.78 is 4.41. The topological polar surface area (TPSA) is 17.0 Å². The molecule has 0 aliphatic heterocycles. The van der Waals surface area contributed by atoms with Crippen LogP contribution in [0.4, 0.5) is 11.4 Å². The molecule has 0 N–H and O–H groups in total. The predicted octanol–water partition coefficient (Wildman–Crippen LogP) is 6.53. The van der Waals surface area contributed by atoms with Crippen LogP contribution in [0.25, 0.3) is 58.7 Å². The minimum absolute atomic E-state index is 0.611. The molecule has 0 spiro atoms. The van der Waals surface area contributed by atoms with Crippen molar-refractivity contribution < 1.29 is 4.57 Å². The summed E-state index contributed by atoms with van der Waals surface area (Å²) in [6.07, 6.45) is 2.08. The molecule has 0 fully saturated rings. The van der Waals surface area contributed by atoms with Gasteiger partial charge in [0.15, 0.2) is 11.9 Å². The SMILES string of the molecule is [C-]#[N+]c1cc2cc[n+](C)c3c4c(C)c(C)cc5c6cccc([N+]#[C-])c6n(c(c1)c23)c54. The second kappa shape index (κ2) is 5.47. The van der Waals surface area contributed by atoms with Crippen molar-refractivity contribution in [2.24, 2.45) is 7.05 Å². The number of rotatable bonds is 0. The average molecular weight is 385 g/mol. The van der Waals surface area contributed by atoms with Crippen molar-refractivity contribution >= 4 is 60.4 Å². The van der Waals surface area contributed by atoms with E-state index < -0.39 is 0 Å². The number of aromatic nitrogens is 2. The molecule has 4 nitrogen and oxygen atoms in total. The minimum Gasteiger partial charge on any atom is -0.319 e. The summed E-state index contributed by atoms with van der Waals surface area (Å²) in [5, 5.41) is 5.64. The third-order valence-electron chi connectivity index (χ3n) is 6.50. The number of hydrogen-bond acceptors (Lipinski definition) is 0. The summed E-state index contributed by atoms with van der Waals surface area (Å²) in [4.78, 5) is 7.58. The van der Waals surface area contributed by atoms with Crippen LogP contribution in [0, 0.1) is 27.0 Å². The van der Waals surface area contributed by atoms with Crippen LogP contribution < -0.4 is 4.57 Å². The Balaban J connectivity index is 2.17. The molecule has 3 aromatic heterocycles. The normalized spacial score (nSPS) is 11.8. The molecular weight excluding hydrogens is 368 g/mol. The fraction of sp³-hybridized carbons (Fsp3) is 0.115. The van der Waals surface area contributed by atoms with Crippen LogP contribution in [0.15, 0.2) is 48.7 Å². The van der Waals surface area contributed by atoms with Gasteiger partial charge < -0.3 is 4.40 Å². The number of hydrogen-bond donors (Lipinski definition) is 0. The van der Waals surface area contributed by atoms with Gasteiger partial charge in [0.2, 0.25) is 11.2 Å². The highest BCUT2D eigenvalue weighted by Gasteiger charge is 2.25. The Bertz CT molecular complexity index is 1790. The molecule has 4 heteroatoms. The molecule has 0 radical (unpaired) electrons. The van der Waals surface area contributed by atoms with Crippen LogP contribution in [-0.4, -0.2) is 4.40 Å². The maximum Gasteiger partial charge on any atom is 0.224 e. The van der Waals surface area contributed by atoms with Gasteiger partial charge in [0.05, 0.1) is 35.0 Å². The van der Waals surface area contributed by atoms with Crippen LogP contribution in [0.5, 0.6) is 0 Å². The Labute approximate surface area is 173 Å². The van der Waals surface area contributed by atoms with Crippen LogP contribution in [0.2, 0.25) is 0 Å². The van der Waals surface area contributed by atoms with E-state index >= 15 is 0 Å². The van der Waals surface area contributed by atoms with Crippen molar-refractivity contribution in [3.8, 4) is 0 Å². The number of para-hydroxylation sites is 1. The van der Waals surface area contributed by atoms with E-state index in [0.717, 1.165) is 38.1 Å². The van der Waals surface area contributed by atoms with Gasteiger partial charge in [0.1, 0.15) is 7.05 Å². The highest BCUT2D eigenvalue weighted by molar-refractivity contribution is 6.27. The lowest BCUT2D eigenvalue weighted by Crippen LogP contribution is -2.29. The number of benzene rings is 3. The lowest BCUT2D eigenvalue weighted by Gasteiger charge is -2.14. The summed E-state index contributed by atoms with van der Waals surface area (Å²) >= 11 is 0. The molecule has 0 bridgehead atoms. The molecule has 30 heavy (non-hydrogen) atoms. The van der Waals surface area contributed by atoms with E-state index in [1.807, 2.05) is 24.3 Å². The van der Waals surface area contributed by atoms with E-state index in [9.17, 15) is 0 Å². The number of nitrogens with zero attached hydrogens (tertiary/aromatic N) is 4. The fourth-order valence-corrected chi connectivity index (χ4v) is 5.06. The van der Waals surface area contributed by atoms with Gasteiger partial charge in [-0.25, -0.2) is 14.3 Å². The van der Waals surface area contributed by atoms with Crippen LogP contribution in [0.1, 0.15) is 11.1 Å². The molecule has 0 atom stereocenters. The summed E-state index contributed by atoms with van der Waals surface area (Å²) in [6, 6.07) is 14.2. The van der Waals surface area contributed by atoms with E-state index in [0.29, 0.717) is 11.4 Å². The third kappa shape index (κ3) is 1.81. The summed E-state index contributed by atoms with van der Waals surface area (Å²) in [5.41, 5.74) is 7.94. The van der Waals surface area contributed by atoms with Crippen LogP contribution in [0.3, 0.4) is 0 Å². The van der Waals surface area contributed by atoms with E-state index in [1.54, 1.807) is 0 Å². The molecule has 0 unspecified atom stereocenters. The average Bonchev–Trinajstić information content (AvgIpc) is 3.09. The summed E-state index contributed by atoms with van der Waals surface area (Å²) in [5.74, 6) is 0. The van der Waals surface area contributed by atoms with E-state index in [2.05, 4.69) is 63.9 Å². The first-order chi connectivity index (χ1) is 14.5. The van der Waals surface area contributed by atoms with Gasteiger partial charge in [-0.05, 0) is 53.9 Å². The summed E-state index contributed by atoms with van der Waals surface area (Å²) in [6.45, 7) is 19.8. The highest BCUT2D eigenvalue weighted by Crippen LogP contribution is 2.44. The largest absolute Gasteiger partial charge is 0.319 e. The smallest absolute Gasteiger partial charge is 0.224 e. The Morgan fingerprint density at radius 2 is 1.73 bits per heavy atom. The molecule has 0 saturated carbocycles. The van der Waals surface area contributed by atoms with Crippen molar-refractivity contribution in [1.82, 2.24) is 4.40 Å². The second-order valence-electron chi connectivity index (χ2n) is 8.03. The Morgan fingerprint density at radius 1 is 0.900 bits per heavy atom. The van der Waals surface area contributed by atoms with Crippen molar-refractivity contribution in [1.29, 1.82) is 0 Å². The van der Waals surface area contributed by atoms with Crippen molar-refractivity contribution in [2.45, 2.75) is 13.8 Å². The fourth-order valence-electron chi connectivity index (χ4n) is 5.06. The Morgan fingerprint density at radius 3 is 2.50 bits per heavy atom. The molecule has 6 aromatic rings. The van der Waals surface area contributed by atoms with Crippen molar-refractivity contribution in [2.75, 3.05) is 0 Å². The second-order valence-corrected chi connectivity index (χ2v) is 8.03. The van der Waals surface area contributed by atoms with E-state index in [4.69, 9.17) is 13.1 Å². The lowest BCUT2D eigenvalue weighted by molar-refractivity contribution is -0.643. The molecule has 0 aliphatic carbocycles. The summed E-state index contributed by atoms with van der Waals surface area (Å²) in [7, 11) is 2.08. The zero-order valence-electron chi connectivity index (χ0n) is 16.9. The molecule has 0 aliphatic rings. The molecule has 0 saturated heterocycles. The zero-order valence-corrected chi connectivity index (χ0v) is 16.9.